The molecule has 0 unspecified atom stereocenters. The van der Waals surface area contributed by atoms with Gasteiger partial charge in [-0.05, 0) is 23.1 Å². The van der Waals surface area contributed by atoms with E-state index in [4.69, 9.17) is 0 Å². The fourth-order valence-corrected chi connectivity index (χ4v) is 3.47. The Morgan fingerprint density at radius 3 is 2.36 bits per heavy atom. The quantitative estimate of drug-likeness (QED) is 0.519. The molecule has 1 fully saturated rings. The van der Waals surface area contributed by atoms with Crippen LogP contribution < -0.4 is 10.9 Å². The Morgan fingerprint density at radius 2 is 1.61 bits per heavy atom. The van der Waals surface area contributed by atoms with Crippen molar-refractivity contribution in [3.63, 3.8) is 0 Å². The van der Waals surface area contributed by atoms with Gasteiger partial charge in [0.2, 0.25) is 5.91 Å². The average molecular weight is 379 g/mol. The Kier molecular flexibility index (Phi) is 7.79. The van der Waals surface area contributed by atoms with Gasteiger partial charge in [0.1, 0.15) is 0 Å². The maximum atomic E-state index is 12.2. The van der Waals surface area contributed by atoms with Gasteiger partial charge in [0.15, 0.2) is 0 Å². The van der Waals surface area contributed by atoms with Crippen molar-refractivity contribution in [3.8, 4) is 0 Å². The van der Waals surface area contributed by atoms with E-state index >= 15 is 0 Å². The molecule has 3 rings (SSSR count). The van der Waals surface area contributed by atoms with Crippen LogP contribution in [0.25, 0.3) is 0 Å². The third kappa shape index (κ3) is 6.60. The number of amides is 1. The molecule has 28 heavy (non-hydrogen) atoms. The number of allylic oxidation sites excluding steroid dienone is 1. The molecule has 2 N–H and O–H groups in total. The molecule has 1 aliphatic rings. The van der Waals surface area contributed by atoms with Gasteiger partial charge in [-0.3, -0.25) is 20.0 Å². The SMILES string of the molecule is C=CCc1cccc(CNNC(=O)CN2CCN(Cc3ccccc3)CC2)c1. The predicted molar refractivity (Wildman–Crippen MR) is 113 cm³/mol. The van der Waals surface area contributed by atoms with Crippen molar-refractivity contribution in [2.24, 2.45) is 0 Å². The van der Waals surface area contributed by atoms with Gasteiger partial charge in [0.05, 0.1) is 6.54 Å². The molecule has 0 atom stereocenters. The molecule has 1 heterocycles. The molecule has 0 aromatic heterocycles. The molecule has 0 radical (unpaired) electrons. The summed E-state index contributed by atoms with van der Waals surface area (Å²) in [5, 5.41) is 0. The Morgan fingerprint density at radius 1 is 0.929 bits per heavy atom. The monoisotopic (exact) mass is 378 g/mol. The van der Waals surface area contributed by atoms with E-state index < -0.39 is 0 Å². The molecule has 0 spiro atoms. The fraction of sp³-hybridized carbons (Fsp3) is 0.348. The molecular weight excluding hydrogens is 348 g/mol. The van der Waals surface area contributed by atoms with E-state index in [1.807, 2.05) is 18.2 Å². The summed E-state index contributed by atoms with van der Waals surface area (Å²) in [6.45, 7) is 9.62. The van der Waals surface area contributed by atoms with Crippen LogP contribution >= 0.6 is 0 Å². The van der Waals surface area contributed by atoms with Crippen molar-refractivity contribution >= 4 is 5.91 Å². The van der Waals surface area contributed by atoms with Crippen molar-refractivity contribution in [1.82, 2.24) is 20.7 Å². The maximum absolute atomic E-state index is 12.2. The van der Waals surface area contributed by atoms with Crippen LogP contribution in [0.2, 0.25) is 0 Å². The highest BCUT2D eigenvalue weighted by Gasteiger charge is 2.18. The minimum atomic E-state index is 0.0127. The molecule has 1 aliphatic heterocycles. The van der Waals surface area contributed by atoms with E-state index in [1.54, 1.807) is 0 Å². The summed E-state index contributed by atoms with van der Waals surface area (Å²) in [5.74, 6) is 0.0127. The molecule has 0 saturated carbocycles. The van der Waals surface area contributed by atoms with Crippen LogP contribution in [-0.4, -0.2) is 48.4 Å². The van der Waals surface area contributed by atoms with Crippen LogP contribution in [0.15, 0.2) is 67.3 Å². The van der Waals surface area contributed by atoms with E-state index in [0.717, 1.165) is 44.7 Å². The maximum Gasteiger partial charge on any atom is 0.248 e. The highest BCUT2D eigenvalue weighted by atomic mass is 16.2. The van der Waals surface area contributed by atoms with E-state index in [-0.39, 0.29) is 5.91 Å². The number of carbonyl (C=O) groups is 1. The van der Waals surface area contributed by atoms with E-state index in [1.165, 1.54) is 11.1 Å². The smallest absolute Gasteiger partial charge is 0.248 e. The van der Waals surface area contributed by atoms with Crippen LogP contribution in [0.1, 0.15) is 16.7 Å². The highest BCUT2D eigenvalue weighted by Crippen LogP contribution is 2.08. The van der Waals surface area contributed by atoms with Crippen LogP contribution in [0.5, 0.6) is 0 Å². The first-order valence-corrected chi connectivity index (χ1v) is 9.92. The van der Waals surface area contributed by atoms with E-state index in [2.05, 4.69) is 69.7 Å². The molecule has 5 nitrogen and oxygen atoms in total. The minimum Gasteiger partial charge on any atom is -0.297 e. The van der Waals surface area contributed by atoms with Gasteiger partial charge < -0.3 is 0 Å². The Labute approximate surface area is 168 Å². The minimum absolute atomic E-state index is 0.0127. The topological polar surface area (TPSA) is 47.6 Å². The third-order valence-corrected chi connectivity index (χ3v) is 4.97. The van der Waals surface area contributed by atoms with Crippen molar-refractivity contribution in [2.45, 2.75) is 19.5 Å². The lowest BCUT2D eigenvalue weighted by atomic mass is 10.1. The zero-order valence-electron chi connectivity index (χ0n) is 16.4. The molecule has 5 heteroatoms. The number of nitrogens with zero attached hydrogens (tertiary/aromatic N) is 2. The molecule has 0 bridgehead atoms. The number of piperazine rings is 1. The zero-order chi connectivity index (χ0) is 19.6. The lowest BCUT2D eigenvalue weighted by Gasteiger charge is -2.34. The van der Waals surface area contributed by atoms with Gasteiger partial charge in [-0.1, -0.05) is 60.7 Å². The van der Waals surface area contributed by atoms with E-state index in [9.17, 15) is 4.79 Å². The number of nitrogens with one attached hydrogen (secondary N) is 2. The summed E-state index contributed by atoms with van der Waals surface area (Å²) in [5.41, 5.74) is 9.58. The van der Waals surface area contributed by atoms with Crippen LogP contribution in [0.4, 0.5) is 0 Å². The standard InChI is InChI=1S/C23H30N4O/c1-2-7-20-10-6-11-22(16-20)17-24-25-23(28)19-27-14-12-26(13-15-27)18-21-8-4-3-5-9-21/h2-6,8-11,16,24H,1,7,12-15,17-19H2,(H,25,28). The van der Waals surface area contributed by atoms with Crippen molar-refractivity contribution in [1.29, 1.82) is 0 Å². The second kappa shape index (κ2) is 10.8. The molecular formula is C23H30N4O. The van der Waals surface area contributed by atoms with Gasteiger partial charge in [-0.25, -0.2) is 5.43 Å². The normalized spacial score (nSPS) is 15.3. The van der Waals surface area contributed by atoms with Gasteiger partial charge >= 0.3 is 0 Å². The second-order valence-corrected chi connectivity index (χ2v) is 7.25. The van der Waals surface area contributed by atoms with Gasteiger partial charge in [-0.15, -0.1) is 6.58 Å². The summed E-state index contributed by atoms with van der Waals surface area (Å²) in [6, 6.07) is 18.8. The van der Waals surface area contributed by atoms with Crippen LogP contribution in [0, 0.1) is 0 Å². The number of rotatable bonds is 9. The molecule has 2 aromatic carbocycles. The number of hydrazine groups is 1. The fourth-order valence-electron chi connectivity index (χ4n) is 3.47. The lowest BCUT2D eigenvalue weighted by molar-refractivity contribution is -0.123. The Bertz CT molecular complexity index is 754. The van der Waals surface area contributed by atoms with E-state index in [0.29, 0.717) is 13.1 Å². The highest BCUT2D eigenvalue weighted by molar-refractivity contribution is 5.77. The molecule has 1 amide bonds. The van der Waals surface area contributed by atoms with Gasteiger partial charge in [0, 0.05) is 39.3 Å². The van der Waals surface area contributed by atoms with Crippen LogP contribution in [0.3, 0.4) is 0 Å². The number of hydrogen-bond acceptors (Lipinski definition) is 4. The molecule has 2 aromatic rings. The number of benzene rings is 2. The first kappa shape index (κ1) is 20.3. The average Bonchev–Trinajstić information content (AvgIpc) is 2.71. The van der Waals surface area contributed by atoms with Gasteiger partial charge in [0.25, 0.3) is 0 Å². The summed E-state index contributed by atoms with van der Waals surface area (Å²) in [4.78, 5) is 16.9. The summed E-state index contributed by atoms with van der Waals surface area (Å²) >= 11 is 0. The number of carbonyl (C=O) groups excluding carboxylic acids is 1. The molecule has 148 valence electrons. The van der Waals surface area contributed by atoms with Crippen molar-refractivity contribution in [2.75, 3.05) is 32.7 Å². The van der Waals surface area contributed by atoms with Crippen molar-refractivity contribution < 1.29 is 4.79 Å². The first-order valence-electron chi connectivity index (χ1n) is 9.92. The second-order valence-electron chi connectivity index (χ2n) is 7.25. The predicted octanol–water partition coefficient (Wildman–Crippen LogP) is 2.35. The summed E-state index contributed by atoms with van der Waals surface area (Å²) in [7, 11) is 0. The summed E-state index contributed by atoms with van der Waals surface area (Å²) < 4.78 is 0. The summed E-state index contributed by atoms with van der Waals surface area (Å²) in [6.07, 6.45) is 2.75. The Balaban J connectivity index is 1.33. The first-order chi connectivity index (χ1) is 13.7. The zero-order valence-corrected chi connectivity index (χ0v) is 16.4. The van der Waals surface area contributed by atoms with Crippen molar-refractivity contribution in [3.05, 3.63) is 83.9 Å². The molecule has 1 saturated heterocycles. The Hall–Kier alpha value is -2.47. The third-order valence-electron chi connectivity index (χ3n) is 4.97. The number of hydrogen-bond donors (Lipinski definition) is 2. The lowest BCUT2D eigenvalue weighted by Crippen LogP contribution is -2.50. The molecule has 0 aliphatic carbocycles. The van der Waals surface area contributed by atoms with Gasteiger partial charge in [-0.2, -0.15) is 0 Å². The van der Waals surface area contributed by atoms with Crippen LogP contribution in [-0.2, 0) is 24.3 Å². The largest absolute Gasteiger partial charge is 0.297 e.